The Hall–Kier alpha value is -1.40. The summed E-state index contributed by atoms with van der Waals surface area (Å²) in [7, 11) is 0. The summed E-state index contributed by atoms with van der Waals surface area (Å²) in [5, 5.41) is 0. The van der Waals surface area contributed by atoms with Crippen molar-refractivity contribution in [1.82, 2.24) is 14.9 Å². The van der Waals surface area contributed by atoms with Crippen LogP contribution in [0.3, 0.4) is 0 Å². The van der Waals surface area contributed by atoms with Crippen LogP contribution in [0.5, 0.6) is 5.88 Å². The Morgan fingerprint density at radius 3 is 2.90 bits per heavy atom. The van der Waals surface area contributed by atoms with Crippen molar-refractivity contribution in [3.05, 3.63) is 12.3 Å². The summed E-state index contributed by atoms with van der Waals surface area (Å²) < 4.78 is 5.63. The maximum atomic E-state index is 5.63. The van der Waals surface area contributed by atoms with Gasteiger partial charge in [0.1, 0.15) is 0 Å². The second-order valence-corrected chi connectivity index (χ2v) is 5.33. The third-order valence-electron chi connectivity index (χ3n) is 3.29. The molecule has 1 aromatic heterocycles. The number of hydrogen-bond acceptors (Lipinski definition) is 6. The van der Waals surface area contributed by atoms with Gasteiger partial charge in [0.15, 0.2) is 0 Å². The lowest BCUT2D eigenvalue weighted by molar-refractivity contribution is 0.232. The van der Waals surface area contributed by atoms with E-state index in [1.807, 2.05) is 19.9 Å². The molecule has 2 heterocycles. The van der Waals surface area contributed by atoms with Crippen LogP contribution in [0.4, 0.5) is 5.95 Å². The molecule has 0 amide bonds. The highest BCUT2D eigenvalue weighted by atomic mass is 16.5. The van der Waals surface area contributed by atoms with Crippen LogP contribution in [0, 0.1) is 0 Å². The molecule has 0 aliphatic carbocycles. The highest BCUT2D eigenvalue weighted by molar-refractivity contribution is 5.32. The number of aromatic nitrogens is 2. The van der Waals surface area contributed by atoms with Crippen molar-refractivity contribution >= 4 is 5.95 Å². The van der Waals surface area contributed by atoms with E-state index >= 15 is 0 Å². The van der Waals surface area contributed by atoms with Gasteiger partial charge >= 0.3 is 0 Å². The van der Waals surface area contributed by atoms with Crippen molar-refractivity contribution in [1.29, 1.82) is 0 Å². The number of ether oxygens (including phenoxy) is 1. The lowest BCUT2D eigenvalue weighted by atomic mass is 10.4. The molecule has 0 unspecified atom stereocenters. The molecule has 0 atom stereocenters. The van der Waals surface area contributed by atoms with Gasteiger partial charge in [0.05, 0.1) is 6.10 Å². The first kappa shape index (κ1) is 15.0. The molecule has 6 nitrogen and oxygen atoms in total. The molecule has 0 spiro atoms. The Bertz CT molecular complexity index is 412. The summed E-state index contributed by atoms with van der Waals surface area (Å²) in [6.07, 6.45) is 3.00. The van der Waals surface area contributed by atoms with Crippen LogP contribution in [-0.2, 0) is 0 Å². The normalized spacial score (nSPS) is 17.3. The summed E-state index contributed by atoms with van der Waals surface area (Å²) in [5.41, 5.74) is 5.63. The highest BCUT2D eigenvalue weighted by Crippen LogP contribution is 2.15. The number of anilines is 1. The molecule has 1 fully saturated rings. The summed E-state index contributed by atoms with van der Waals surface area (Å²) in [4.78, 5) is 13.5. The van der Waals surface area contributed by atoms with Crippen LogP contribution in [0.1, 0.15) is 20.3 Å². The van der Waals surface area contributed by atoms with Crippen LogP contribution < -0.4 is 15.4 Å². The van der Waals surface area contributed by atoms with E-state index in [9.17, 15) is 0 Å². The minimum atomic E-state index is 0.127. The molecular formula is C14H25N5O. The lowest BCUT2D eigenvalue weighted by Gasteiger charge is -2.22. The first-order valence-corrected chi connectivity index (χ1v) is 7.36. The van der Waals surface area contributed by atoms with Gasteiger partial charge < -0.3 is 20.3 Å². The third kappa shape index (κ3) is 4.31. The first-order chi connectivity index (χ1) is 9.69. The molecule has 2 N–H and O–H groups in total. The van der Waals surface area contributed by atoms with Crippen molar-refractivity contribution in [2.75, 3.05) is 44.2 Å². The molecule has 1 aliphatic heterocycles. The number of rotatable bonds is 5. The van der Waals surface area contributed by atoms with Gasteiger partial charge in [0, 0.05) is 45.0 Å². The molecule has 0 bridgehead atoms. The predicted molar refractivity (Wildman–Crippen MR) is 80.1 cm³/mol. The topological polar surface area (TPSA) is 67.5 Å². The van der Waals surface area contributed by atoms with Crippen LogP contribution >= 0.6 is 0 Å². The van der Waals surface area contributed by atoms with Gasteiger partial charge in [0.2, 0.25) is 11.8 Å². The lowest BCUT2D eigenvalue weighted by Crippen LogP contribution is -2.34. The first-order valence-electron chi connectivity index (χ1n) is 7.36. The maximum absolute atomic E-state index is 5.63. The van der Waals surface area contributed by atoms with Crippen LogP contribution in [0.15, 0.2) is 12.3 Å². The van der Waals surface area contributed by atoms with Crippen molar-refractivity contribution in [2.45, 2.75) is 26.4 Å². The van der Waals surface area contributed by atoms with Gasteiger partial charge in [-0.3, -0.25) is 0 Å². The zero-order chi connectivity index (χ0) is 14.4. The molecule has 1 aliphatic rings. The van der Waals surface area contributed by atoms with E-state index in [1.165, 1.54) is 0 Å². The van der Waals surface area contributed by atoms with Crippen molar-refractivity contribution < 1.29 is 4.74 Å². The maximum Gasteiger partial charge on any atom is 0.228 e. The van der Waals surface area contributed by atoms with E-state index in [1.54, 1.807) is 6.20 Å². The average molecular weight is 279 g/mol. The van der Waals surface area contributed by atoms with E-state index < -0.39 is 0 Å². The second kappa shape index (κ2) is 7.40. The van der Waals surface area contributed by atoms with E-state index in [0.717, 1.165) is 45.1 Å². The van der Waals surface area contributed by atoms with Crippen molar-refractivity contribution in [3.63, 3.8) is 0 Å². The van der Waals surface area contributed by atoms with Crippen LogP contribution in [0.25, 0.3) is 0 Å². The standard InChI is InChI=1S/C14H25N5O/c1-12(2)20-13-4-6-16-14(17-13)19-8-3-7-18(9-5-15)10-11-19/h4,6,12H,3,5,7-11,15H2,1-2H3. The van der Waals surface area contributed by atoms with E-state index in [2.05, 4.69) is 19.8 Å². The fourth-order valence-electron chi connectivity index (χ4n) is 2.37. The zero-order valence-corrected chi connectivity index (χ0v) is 12.5. The van der Waals surface area contributed by atoms with Gasteiger partial charge in [0.25, 0.3) is 0 Å². The molecule has 6 heteroatoms. The minimum absolute atomic E-state index is 0.127. The minimum Gasteiger partial charge on any atom is -0.475 e. The van der Waals surface area contributed by atoms with Crippen molar-refractivity contribution in [2.24, 2.45) is 5.73 Å². The Balaban J connectivity index is 2.00. The van der Waals surface area contributed by atoms with Gasteiger partial charge in [-0.1, -0.05) is 0 Å². The number of hydrogen-bond donors (Lipinski definition) is 1. The monoisotopic (exact) mass is 279 g/mol. The van der Waals surface area contributed by atoms with Crippen LogP contribution in [-0.4, -0.2) is 60.2 Å². The van der Waals surface area contributed by atoms with Crippen molar-refractivity contribution in [3.8, 4) is 5.88 Å². The SMILES string of the molecule is CC(C)Oc1ccnc(N2CCCN(CCN)CC2)n1. The number of nitrogens with two attached hydrogens (primary N) is 1. The Morgan fingerprint density at radius 2 is 2.15 bits per heavy atom. The molecule has 20 heavy (non-hydrogen) atoms. The quantitative estimate of drug-likeness (QED) is 0.857. The van der Waals surface area contributed by atoms with Gasteiger partial charge in [-0.15, -0.1) is 0 Å². The molecular weight excluding hydrogens is 254 g/mol. The van der Waals surface area contributed by atoms with Gasteiger partial charge in [-0.25, -0.2) is 4.98 Å². The Labute approximate surface area is 120 Å². The molecule has 0 aromatic carbocycles. The molecule has 2 rings (SSSR count). The van der Waals surface area contributed by atoms with E-state index in [4.69, 9.17) is 10.5 Å². The average Bonchev–Trinajstić information content (AvgIpc) is 2.64. The molecule has 1 saturated heterocycles. The summed E-state index contributed by atoms with van der Waals surface area (Å²) in [6, 6.07) is 1.81. The second-order valence-electron chi connectivity index (χ2n) is 5.33. The molecule has 0 saturated carbocycles. The fourth-order valence-corrected chi connectivity index (χ4v) is 2.37. The number of nitrogens with zero attached hydrogens (tertiary/aromatic N) is 4. The molecule has 0 radical (unpaired) electrons. The summed E-state index contributed by atoms with van der Waals surface area (Å²) >= 11 is 0. The fraction of sp³-hybridized carbons (Fsp3) is 0.714. The molecule has 112 valence electrons. The third-order valence-corrected chi connectivity index (χ3v) is 3.29. The van der Waals surface area contributed by atoms with E-state index in [0.29, 0.717) is 12.4 Å². The summed E-state index contributed by atoms with van der Waals surface area (Å²) in [6.45, 7) is 9.69. The highest BCUT2D eigenvalue weighted by Gasteiger charge is 2.17. The van der Waals surface area contributed by atoms with Gasteiger partial charge in [-0.2, -0.15) is 4.98 Å². The van der Waals surface area contributed by atoms with Gasteiger partial charge in [-0.05, 0) is 26.8 Å². The predicted octanol–water partition coefficient (Wildman–Crippen LogP) is 0.735. The smallest absolute Gasteiger partial charge is 0.228 e. The Kier molecular flexibility index (Phi) is 5.55. The molecule has 1 aromatic rings. The largest absolute Gasteiger partial charge is 0.475 e. The van der Waals surface area contributed by atoms with E-state index in [-0.39, 0.29) is 6.10 Å². The van der Waals surface area contributed by atoms with Crippen LogP contribution in [0.2, 0.25) is 0 Å². The zero-order valence-electron chi connectivity index (χ0n) is 12.5. The Morgan fingerprint density at radius 1 is 1.30 bits per heavy atom. The summed E-state index contributed by atoms with van der Waals surface area (Å²) in [5.74, 6) is 1.41.